The molecule has 0 fully saturated rings. The lowest BCUT2D eigenvalue weighted by atomic mass is 10.1. The topological polar surface area (TPSA) is 9.23 Å². The van der Waals surface area contributed by atoms with Crippen molar-refractivity contribution in [1.29, 1.82) is 0 Å². The Morgan fingerprint density at radius 3 is 2.30 bits per heavy atom. The zero-order chi connectivity index (χ0) is 13.9. The highest BCUT2D eigenvalue weighted by Gasteiger charge is 2.10. The molecule has 0 spiro atoms. The van der Waals surface area contributed by atoms with Gasteiger partial charge in [-0.1, -0.05) is 66.2 Å². The maximum absolute atomic E-state index is 6.29. The van der Waals surface area contributed by atoms with Crippen LogP contribution < -0.4 is 4.74 Å². The Hall–Kier alpha value is -1.26. The summed E-state index contributed by atoms with van der Waals surface area (Å²) in [6.07, 6.45) is 0. The van der Waals surface area contributed by atoms with Crippen molar-refractivity contribution in [3.8, 4) is 5.75 Å². The third kappa shape index (κ3) is 2.76. The predicted molar refractivity (Wildman–Crippen MR) is 92.4 cm³/mol. The normalized spacial score (nSPS) is 10.7. The van der Waals surface area contributed by atoms with E-state index in [0.29, 0.717) is 6.61 Å². The molecule has 3 rings (SSSR count). The molecule has 0 saturated heterocycles. The van der Waals surface area contributed by atoms with Crippen LogP contribution >= 0.6 is 34.2 Å². The molecule has 1 nitrogen and oxygen atoms in total. The summed E-state index contributed by atoms with van der Waals surface area (Å²) in [4.78, 5) is 0. The third-order valence-electron chi connectivity index (χ3n) is 3.13. The highest BCUT2D eigenvalue weighted by Crippen LogP contribution is 2.36. The molecule has 100 valence electrons. The monoisotopic (exact) mass is 394 g/mol. The minimum absolute atomic E-state index is 0.558. The van der Waals surface area contributed by atoms with Crippen molar-refractivity contribution in [3.05, 3.63) is 74.8 Å². The summed E-state index contributed by atoms with van der Waals surface area (Å²) in [6, 6.07) is 20.2. The molecule has 0 heterocycles. The fraction of sp³-hybridized carbons (Fsp3) is 0.0588. The first-order valence-electron chi connectivity index (χ1n) is 6.29. The molecule has 0 aromatic heterocycles. The SMILES string of the molecule is Clc1cc(I)c(OCc2ccccc2)c2ccccc12. The van der Waals surface area contributed by atoms with Gasteiger partial charge in [-0.3, -0.25) is 0 Å². The molecule has 0 unspecified atom stereocenters. The van der Waals surface area contributed by atoms with Crippen LogP contribution in [0.5, 0.6) is 5.75 Å². The highest BCUT2D eigenvalue weighted by atomic mass is 127. The number of ether oxygens (including phenoxy) is 1. The van der Waals surface area contributed by atoms with E-state index in [1.54, 1.807) is 0 Å². The summed E-state index contributed by atoms with van der Waals surface area (Å²) in [6.45, 7) is 0.558. The Morgan fingerprint density at radius 2 is 1.55 bits per heavy atom. The fourth-order valence-electron chi connectivity index (χ4n) is 2.15. The molecule has 0 radical (unpaired) electrons. The second-order valence-electron chi connectivity index (χ2n) is 4.49. The van der Waals surface area contributed by atoms with E-state index in [2.05, 4.69) is 34.7 Å². The van der Waals surface area contributed by atoms with Crippen LogP contribution in [-0.2, 0) is 6.61 Å². The van der Waals surface area contributed by atoms with E-state index in [1.807, 2.05) is 48.5 Å². The first-order chi connectivity index (χ1) is 9.75. The van der Waals surface area contributed by atoms with Crippen LogP contribution in [0.3, 0.4) is 0 Å². The Kier molecular flexibility index (Phi) is 4.13. The zero-order valence-corrected chi connectivity index (χ0v) is 13.6. The Labute approximate surface area is 136 Å². The molecule has 0 bridgehead atoms. The summed E-state index contributed by atoms with van der Waals surface area (Å²) in [7, 11) is 0. The summed E-state index contributed by atoms with van der Waals surface area (Å²) in [5, 5.41) is 2.84. The first kappa shape index (κ1) is 13.7. The minimum atomic E-state index is 0.558. The molecule has 3 aromatic carbocycles. The van der Waals surface area contributed by atoms with Crippen LogP contribution in [0, 0.1) is 3.57 Å². The maximum atomic E-state index is 6.29. The molecule has 20 heavy (non-hydrogen) atoms. The Balaban J connectivity index is 1.99. The minimum Gasteiger partial charge on any atom is -0.487 e. The quantitative estimate of drug-likeness (QED) is 0.520. The van der Waals surface area contributed by atoms with Crippen molar-refractivity contribution in [2.24, 2.45) is 0 Å². The van der Waals surface area contributed by atoms with Gasteiger partial charge in [0.2, 0.25) is 0 Å². The van der Waals surface area contributed by atoms with E-state index in [1.165, 1.54) is 0 Å². The van der Waals surface area contributed by atoms with Gasteiger partial charge in [0.05, 0.1) is 3.57 Å². The maximum Gasteiger partial charge on any atom is 0.141 e. The largest absolute Gasteiger partial charge is 0.487 e. The van der Waals surface area contributed by atoms with Crippen LogP contribution in [0.25, 0.3) is 10.8 Å². The van der Waals surface area contributed by atoms with Crippen molar-refractivity contribution in [3.63, 3.8) is 0 Å². The van der Waals surface area contributed by atoms with E-state index < -0.39 is 0 Å². The number of benzene rings is 3. The molecule has 0 N–H and O–H groups in total. The molecule has 0 aliphatic heterocycles. The highest BCUT2D eigenvalue weighted by molar-refractivity contribution is 14.1. The number of fused-ring (bicyclic) bond motifs is 1. The van der Waals surface area contributed by atoms with Gasteiger partial charge in [-0.25, -0.2) is 0 Å². The molecular formula is C17H12ClIO. The molecule has 3 aromatic rings. The lowest BCUT2D eigenvalue weighted by Gasteiger charge is -2.12. The van der Waals surface area contributed by atoms with E-state index >= 15 is 0 Å². The molecule has 0 aliphatic rings. The average Bonchev–Trinajstić information content (AvgIpc) is 2.48. The van der Waals surface area contributed by atoms with E-state index in [9.17, 15) is 0 Å². The number of hydrogen-bond acceptors (Lipinski definition) is 1. The van der Waals surface area contributed by atoms with Crippen LogP contribution in [-0.4, -0.2) is 0 Å². The van der Waals surface area contributed by atoms with Gasteiger partial charge in [0.1, 0.15) is 12.4 Å². The Morgan fingerprint density at radius 1 is 0.900 bits per heavy atom. The van der Waals surface area contributed by atoms with Gasteiger partial charge in [0.15, 0.2) is 0 Å². The van der Waals surface area contributed by atoms with Crippen molar-refractivity contribution in [1.82, 2.24) is 0 Å². The van der Waals surface area contributed by atoms with Gasteiger partial charge in [-0.15, -0.1) is 0 Å². The van der Waals surface area contributed by atoms with Crippen LogP contribution in [0.15, 0.2) is 60.7 Å². The van der Waals surface area contributed by atoms with Gasteiger partial charge in [0, 0.05) is 15.8 Å². The van der Waals surface area contributed by atoms with Crippen LogP contribution in [0.2, 0.25) is 5.02 Å². The van der Waals surface area contributed by atoms with E-state index in [4.69, 9.17) is 16.3 Å². The standard InChI is InChI=1S/C17H12ClIO/c18-15-10-16(19)17(14-9-5-4-8-13(14)15)20-11-12-6-2-1-3-7-12/h1-10H,11H2. The van der Waals surface area contributed by atoms with Crippen LogP contribution in [0.1, 0.15) is 5.56 Å². The van der Waals surface area contributed by atoms with Crippen molar-refractivity contribution in [2.75, 3.05) is 0 Å². The molecule has 3 heteroatoms. The van der Waals surface area contributed by atoms with E-state index in [-0.39, 0.29) is 0 Å². The average molecular weight is 395 g/mol. The molecule has 0 atom stereocenters. The summed E-state index contributed by atoms with van der Waals surface area (Å²) in [5.41, 5.74) is 1.15. The van der Waals surface area contributed by atoms with Crippen molar-refractivity contribution >= 4 is 45.0 Å². The first-order valence-corrected chi connectivity index (χ1v) is 7.75. The van der Waals surface area contributed by atoms with Crippen molar-refractivity contribution in [2.45, 2.75) is 6.61 Å². The van der Waals surface area contributed by atoms with Crippen LogP contribution in [0.4, 0.5) is 0 Å². The molecule has 0 saturated carbocycles. The zero-order valence-electron chi connectivity index (χ0n) is 10.6. The second kappa shape index (κ2) is 6.02. The lowest BCUT2D eigenvalue weighted by molar-refractivity contribution is 0.308. The molecular weight excluding hydrogens is 383 g/mol. The smallest absolute Gasteiger partial charge is 0.141 e. The number of halogens is 2. The van der Waals surface area contributed by atoms with Gasteiger partial charge >= 0.3 is 0 Å². The summed E-state index contributed by atoms with van der Waals surface area (Å²) in [5.74, 6) is 0.898. The van der Waals surface area contributed by atoms with Crippen molar-refractivity contribution < 1.29 is 4.74 Å². The summed E-state index contributed by atoms with van der Waals surface area (Å²) >= 11 is 8.56. The number of hydrogen-bond donors (Lipinski definition) is 0. The molecule has 0 aliphatic carbocycles. The second-order valence-corrected chi connectivity index (χ2v) is 6.06. The Bertz CT molecular complexity index is 741. The number of rotatable bonds is 3. The van der Waals surface area contributed by atoms with Gasteiger partial charge in [-0.05, 0) is 34.2 Å². The van der Waals surface area contributed by atoms with Gasteiger partial charge < -0.3 is 4.74 Å². The van der Waals surface area contributed by atoms with Gasteiger partial charge in [-0.2, -0.15) is 0 Å². The predicted octanol–water partition coefficient (Wildman–Crippen LogP) is 5.68. The van der Waals surface area contributed by atoms with Gasteiger partial charge in [0.25, 0.3) is 0 Å². The fourth-order valence-corrected chi connectivity index (χ4v) is 3.36. The summed E-state index contributed by atoms with van der Waals surface area (Å²) < 4.78 is 7.05. The molecule has 0 amide bonds. The lowest BCUT2D eigenvalue weighted by Crippen LogP contribution is -1.98. The van der Waals surface area contributed by atoms with E-state index in [0.717, 1.165) is 30.7 Å². The third-order valence-corrected chi connectivity index (χ3v) is 4.24.